The molecule has 1 aliphatic rings. The van der Waals surface area contributed by atoms with Gasteiger partial charge < -0.3 is 10.1 Å². The van der Waals surface area contributed by atoms with Gasteiger partial charge in [0.05, 0.1) is 12.5 Å². The Morgan fingerprint density at radius 2 is 2.56 bits per heavy atom. The van der Waals surface area contributed by atoms with E-state index in [0.717, 1.165) is 19.5 Å². The Morgan fingerprint density at radius 3 is 3.25 bits per heavy atom. The summed E-state index contributed by atoms with van der Waals surface area (Å²) in [6, 6.07) is 4.16. The summed E-state index contributed by atoms with van der Waals surface area (Å²) in [5, 5.41) is 5.34. The Balaban J connectivity index is 2.11. The molecule has 0 aromatic carbocycles. The Kier molecular flexibility index (Phi) is 3.96. The number of hydrogen-bond acceptors (Lipinski definition) is 4. The van der Waals surface area contributed by atoms with Gasteiger partial charge in [-0.25, -0.2) is 0 Å². The quantitative estimate of drug-likeness (QED) is 0.820. The van der Waals surface area contributed by atoms with E-state index in [0.29, 0.717) is 12.5 Å². The zero-order valence-electron chi connectivity index (χ0n) is 9.44. The number of carbonyl (C=O) groups excluding carboxylic acids is 1. The fourth-order valence-electron chi connectivity index (χ4n) is 2.20. The summed E-state index contributed by atoms with van der Waals surface area (Å²) in [5.74, 6) is 0.251. The third-order valence-electron chi connectivity index (χ3n) is 2.98. The topological polar surface area (TPSA) is 38.3 Å². The summed E-state index contributed by atoms with van der Waals surface area (Å²) in [5.41, 5.74) is 0. The number of thiophene rings is 1. The van der Waals surface area contributed by atoms with Crippen molar-refractivity contribution < 1.29 is 9.53 Å². The van der Waals surface area contributed by atoms with Crippen LogP contribution in [-0.2, 0) is 9.53 Å². The minimum atomic E-state index is -0.0619. The minimum absolute atomic E-state index is 0.0210. The van der Waals surface area contributed by atoms with Crippen molar-refractivity contribution in [3.63, 3.8) is 0 Å². The van der Waals surface area contributed by atoms with Crippen LogP contribution in [0.4, 0.5) is 0 Å². The van der Waals surface area contributed by atoms with E-state index in [4.69, 9.17) is 4.74 Å². The van der Waals surface area contributed by atoms with Crippen molar-refractivity contribution >= 4 is 17.3 Å². The molecule has 2 rings (SSSR count). The molecule has 1 N–H and O–H groups in total. The van der Waals surface area contributed by atoms with E-state index in [9.17, 15) is 4.79 Å². The first-order valence-electron chi connectivity index (χ1n) is 5.73. The summed E-state index contributed by atoms with van der Waals surface area (Å²) in [6.07, 6.45) is 1.02. The van der Waals surface area contributed by atoms with Crippen molar-refractivity contribution in [1.29, 1.82) is 0 Å². The molecule has 0 amide bonds. The van der Waals surface area contributed by atoms with E-state index in [-0.39, 0.29) is 11.9 Å². The first-order valence-corrected chi connectivity index (χ1v) is 6.61. The average molecular weight is 239 g/mol. The van der Waals surface area contributed by atoms with Gasteiger partial charge in [0.2, 0.25) is 0 Å². The maximum Gasteiger partial charge on any atom is 0.310 e. The molecule has 4 heteroatoms. The van der Waals surface area contributed by atoms with Crippen LogP contribution in [0.3, 0.4) is 0 Å². The van der Waals surface area contributed by atoms with E-state index in [1.165, 1.54) is 4.88 Å². The summed E-state index contributed by atoms with van der Waals surface area (Å²) >= 11 is 1.73. The molecule has 1 saturated heterocycles. The van der Waals surface area contributed by atoms with Crippen molar-refractivity contribution in [2.75, 3.05) is 19.7 Å². The van der Waals surface area contributed by atoms with Gasteiger partial charge >= 0.3 is 5.97 Å². The van der Waals surface area contributed by atoms with E-state index in [1.807, 2.05) is 13.0 Å². The molecule has 2 heterocycles. The number of carbonyl (C=O) groups is 1. The highest BCUT2D eigenvalue weighted by Crippen LogP contribution is 2.33. The van der Waals surface area contributed by atoms with Crippen LogP contribution >= 0.6 is 11.3 Å². The van der Waals surface area contributed by atoms with Gasteiger partial charge in [0.1, 0.15) is 0 Å². The monoisotopic (exact) mass is 239 g/mol. The second-order valence-corrected chi connectivity index (χ2v) is 4.95. The van der Waals surface area contributed by atoms with Gasteiger partial charge in [0, 0.05) is 17.3 Å². The van der Waals surface area contributed by atoms with E-state index < -0.39 is 0 Å². The van der Waals surface area contributed by atoms with E-state index >= 15 is 0 Å². The third kappa shape index (κ3) is 2.44. The predicted octanol–water partition coefficient (Wildman–Crippen LogP) is 2.00. The van der Waals surface area contributed by atoms with Crippen LogP contribution in [0.2, 0.25) is 0 Å². The molecule has 0 spiro atoms. The Morgan fingerprint density at radius 1 is 1.69 bits per heavy atom. The molecule has 0 bridgehead atoms. The van der Waals surface area contributed by atoms with Gasteiger partial charge in [-0.2, -0.15) is 0 Å². The molecular formula is C12H17NO2S. The Labute approximate surface area is 99.8 Å². The fraction of sp³-hybridized carbons (Fsp3) is 0.583. The molecule has 0 aliphatic carbocycles. The lowest BCUT2D eigenvalue weighted by Crippen LogP contribution is -2.40. The maximum absolute atomic E-state index is 11.8. The molecule has 2 atom stereocenters. The van der Waals surface area contributed by atoms with Crippen molar-refractivity contribution in [2.24, 2.45) is 5.92 Å². The van der Waals surface area contributed by atoms with Crippen LogP contribution in [0.1, 0.15) is 24.1 Å². The van der Waals surface area contributed by atoms with Gasteiger partial charge in [-0.15, -0.1) is 11.3 Å². The van der Waals surface area contributed by atoms with Gasteiger partial charge in [-0.05, 0) is 31.3 Å². The molecule has 88 valence electrons. The number of hydrogen-bond donors (Lipinski definition) is 1. The number of ether oxygens (including phenoxy) is 1. The first kappa shape index (κ1) is 11.6. The van der Waals surface area contributed by atoms with Crippen LogP contribution < -0.4 is 5.32 Å². The van der Waals surface area contributed by atoms with Gasteiger partial charge in [0.25, 0.3) is 0 Å². The third-order valence-corrected chi connectivity index (χ3v) is 3.98. The highest BCUT2D eigenvalue weighted by Gasteiger charge is 2.33. The summed E-state index contributed by atoms with van der Waals surface area (Å²) in [4.78, 5) is 13.2. The number of nitrogens with one attached hydrogen (secondary N) is 1. The fourth-order valence-corrected chi connectivity index (χ4v) is 3.13. The van der Waals surface area contributed by atoms with Gasteiger partial charge in [0.15, 0.2) is 0 Å². The highest BCUT2D eigenvalue weighted by molar-refractivity contribution is 7.10. The largest absolute Gasteiger partial charge is 0.466 e. The molecule has 0 saturated carbocycles. The molecule has 16 heavy (non-hydrogen) atoms. The van der Waals surface area contributed by atoms with Crippen molar-refractivity contribution in [2.45, 2.75) is 19.3 Å². The normalized spacial score (nSPS) is 25.3. The molecule has 1 aromatic heterocycles. The molecule has 0 radical (unpaired) electrons. The molecule has 3 nitrogen and oxygen atoms in total. The molecule has 1 aromatic rings. The predicted molar refractivity (Wildman–Crippen MR) is 64.7 cm³/mol. The maximum atomic E-state index is 11.8. The minimum Gasteiger partial charge on any atom is -0.466 e. The van der Waals surface area contributed by atoms with Gasteiger partial charge in [-0.1, -0.05) is 6.07 Å². The number of piperidine rings is 1. The lowest BCUT2D eigenvalue weighted by atomic mass is 9.85. The van der Waals surface area contributed by atoms with Crippen molar-refractivity contribution in [3.05, 3.63) is 22.4 Å². The van der Waals surface area contributed by atoms with Crippen LogP contribution in [-0.4, -0.2) is 25.7 Å². The van der Waals surface area contributed by atoms with Crippen LogP contribution in [0, 0.1) is 5.92 Å². The zero-order chi connectivity index (χ0) is 11.4. The first-order chi connectivity index (χ1) is 7.83. The Bertz CT molecular complexity index is 337. The van der Waals surface area contributed by atoms with E-state index in [1.54, 1.807) is 11.3 Å². The molecular weight excluding hydrogens is 222 g/mol. The molecule has 2 unspecified atom stereocenters. The second kappa shape index (κ2) is 5.46. The van der Waals surface area contributed by atoms with Gasteiger partial charge in [-0.3, -0.25) is 4.79 Å². The average Bonchev–Trinajstić information content (AvgIpc) is 2.83. The lowest BCUT2D eigenvalue weighted by Gasteiger charge is -2.29. The van der Waals surface area contributed by atoms with Crippen LogP contribution in [0.25, 0.3) is 0 Å². The van der Waals surface area contributed by atoms with E-state index in [2.05, 4.69) is 16.8 Å². The Hall–Kier alpha value is -0.870. The summed E-state index contributed by atoms with van der Waals surface area (Å²) in [7, 11) is 0. The SMILES string of the molecule is CCOC(=O)C1CNCCC1c1cccs1. The van der Waals surface area contributed by atoms with Crippen LogP contribution in [0.5, 0.6) is 0 Å². The molecule has 1 fully saturated rings. The highest BCUT2D eigenvalue weighted by atomic mass is 32.1. The summed E-state index contributed by atoms with van der Waals surface area (Å²) in [6.45, 7) is 4.04. The lowest BCUT2D eigenvalue weighted by molar-refractivity contribution is -0.149. The number of rotatable bonds is 3. The van der Waals surface area contributed by atoms with Crippen LogP contribution in [0.15, 0.2) is 17.5 Å². The number of esters is 1. The van der Waals surface area contributed by atoms with Crippen molar-refractivity contribution in [3.8, 4) is 0 Å². The standard InChI is InChI=1S/C12H17NO2S/c1-2-15-12(14)10-8-13-6-5-9(10)11-4-3-7-16-11/h3-4,7,9-10,13H,2,5-6,8H2,1H3. The molecule has 1 aliphatic heterocycles. The smallest absolute Gasteiger partial charge is 0.310 e. The second-order valence-electron chi connectivity index (χ2n) is 3.97. The van der Waals surface area contributed by atoms with Crippen molar-refractivity contribution in [1.82, 2.24) is 5.32 Å². The zero-order valence-corrected chi connectivity index (χ0v) is 10.3. The summed E-state index contributed by atoms with van der Waals surface area (Å²) < 4.78 is 5.14.